The molecule has 0 saturated carbocycles. The van der Waals surface area contributed by atoms with Crippen molar-refractivity contribution in [3.8, 4) is 28.7 Å². The molecule has 2 aliphatic heterocycles. The number of alkyl halides is 3. The van der Waals surface area contributed by atoms with Crippen molar-refractivity contribution in [1.82, 2.24) is 0 Å². The lowest BCUT2D eigenvalue weighted by Crippen LogP contribution is -2.26. The molecule has 5 nitrogen and oxygen atoms in total. The summed E-state index contributed by atoms with van der Waals surface area (Å²) in [5, 5.41) is 9.91. The molecule has 0 saturated heterocycles. The van der Waals surface area contributed by atoms with Crippen LogP contribution in [0.15, 0.2) is 83.8 Å². The second kappa shape index (κ2) is 8.44. The Morgan fingerprint density at radius 3 is 2.43 bits per heavy atom. The number of fused-ring (bicyclic) bond motifs is 2. The van der Waals surface area contributed by atoms with Crippen LogP contribution in [0, 0.1) is 11.3 Å². The molecule has 0 aliphatic carbocycles. The molecule has 0 bridgehead atoms. The van der Waals surface area contributed by atoms with Crippen molar-refractivity contribution in [2.75, 3.05) is 13.7 Å². The van der Waals surface area contributed by atoms with Gasteiger partial charge < -0.3 is 19.9 Å². The van der Waals surface area contributed by atoms with E-state index in [1.165, 1.54) is 25.3 Å². The molecular formula is C27H19F3N2O3. The third kappa shape index (κ3) is 3.75. The first-order valence-electron chi connectivity index (χ1n) is 10.7. The van der Waals surface area contributed by atoms with E-state index in [4.69, 9.17) is 19.9 Å². The van der Waals surface area contributed by atoms with E-state index in [0.29, 0.717) is 28.2 Å². The summed E-state index contributed by atoms with van der Waals surface area (Å²) in [4.78, 5) is 0. The Morgan fingerprint density at radius 2 is 1.71 bits per heavy atom. The Morgan fingerprint density at radius 1 is 1.00 bits per heavy atom. The number of allylic oxidation sites excluding steroid dienone is 1. The van der Waals surface area contributed by atoms with Crippen LogP contribution in [0.4, 0.5) is 13.2 Å². The van der Waals surface area contributed by atoms with Gasteiger partial charge in [-0.15, -0.1) is 0 Å². The summed E-state index contributed by atoms with van der Waals surface area (Å²) in [5.41, 5.74) is 7.67. The maximum absolute atomic E-state index is 13.8. The lowest BCUT2D eigenvalue weighted by atomic mass is 9.80. The number of nitrogens with zero attached hydrogens (tertiary/aromatic N) is 1. The molecule has 5 rings (SSSR count). The molecule has 3 aromatic carbocycles. The standard InChI is InChI=1S/C27H19F3N2O3/c1-33-22-11-10-15(12-18(22)16-6-2-4-8-21(16)27(28,29)30)24-19(13-31)26(32)35-25-17-7-3-5-9-23(17)34-14-20(24)25/h2-12,24H,14,32H2,1H3. The molecule has 0 aromatic heterocycles. The van der Waals surface area contributed by atoms with E-state index in [2.05, 4.69) is 6.07 Å². The Kier molecular flexibility index (Phi) is 5.40. The van der Waals surface area contributed by atoms with Crippen LogP contribution in [0.25, 0.3) is 16.9 Å². The highest BCUT2D eigenvalue weighted by molar-refractivity contribution is 5.78. The molecule has 176 valence electrons. The average molecular weight is 476 g/mol. The summed E-state index contributed by atoms with van der Waals surface area (Å²) in [5.74, 6) is 0.655. The number of hydrogen-bond acceptors (Lipinski definition) is 5. The third-order valence-electron chi connectivity index (χ3n) is 6.12. The van der Waals surface area contributed by atoms with Gasteiger partial charge in [0.05, 0.1) is 24.2 Å². The normalized spacial score (nSPS) is 17.1. The van der Waals surface area contributed by atoms with Crippen LogP contribution in [0.5, 0.6) is 11.5 Å². The minimum Gasteiger partial charge on any atom is -0.496 e. The van der Waals surface area contributed by atoms with Crippen LogP contribution in [-0.2, 0) is 10.9 Å². The predicted molar refractivity (Wildman–Crippen MR) is 123 cm³/mol. The first-order chi connectivity index (χ1) is 16.8. The van der Waals surface area contributed by atoms with Gasteiger partial charge >= 0.3 is 6.18 Å². The summed E-state index contributed by atoms with van der Waals surface area (Å²) >= 11 is 0. The van der Waals surface area contributed by atoms with Crippen LogP contribution < -0.4 is 15.2 Å². The van der Waals surface area contributed by atoms with Gasteiger partial charge in [0, 0.05) is 11.1 Å². The SMILES string of the molecule is COc1ccc(C2C(C#N)=C(N)OC3=C2COc2ccccc23)cc1-c1ccccc1C(F)(F)F. The van der Waals surface area contributed by atoms with Gasteiger partial charge in [-0.05, 0) is 41.5 Å². The van der Waals surface area contributed by atoms with Gasteiger partial charge in [-0.2, -0.15) is 18.4 Å². The minimum atomic E-state index is -4.56. The number of para-hydroxylation sites is 1. The molecule has 2 aliphatic rings. The number of nitrogens with two attached hydrogens (primary N) is 1. The Bertz CT molecular complexity index is 1430. The van der Waals surface area contributed by atoms with Crippen molar-refractivity contribution in [1.29, 1.82) is 5.26 Å². The van der Waals surface area contributed by atoms with Gasteiger partial charge in [-0.1, -0.05) is 36.4 Å². The van der Waals surface area contributed by atoms with E-state index in [0.717, 1.165) is 6.07 Å². The topological polar surface area (TPSA) is 77.5 Å². The zero-order chi connectivity index (χ0) is 24.7. The number of hydrogen-bond donors (Lipinski definition) is 1. The number of rotatable bonds is 3. The predicted octanol–water partition coefficient (Wildman–Crippen LogP) is 5.99. The minimum absolute atomic E-state index is 0.0272. The summed E-state index contributed by atoms with van der Waals surface area (Å²) in [6.07, 6.45) is -4.56. The third-order valence-corrected chi connectivity index (χ3v) is 6.12. The number of ether oxygens (including phenoxy) is 3. The summed E-state index contributed by atoms with van der Waals surface area (Å²) in [6, 6.07) is 19.6. The van der Waals surface area contributed by atoms with E-state index < -0.39 is 17.7 Å². The van der Waals surface area contributed by atoms with Crippen LogP contribution in [0.1, 0.15) is 22.6 Å². The van der Waals surface area contributed by atoms with Gasteiger partial charge in [-0.3, -0.25) is 0 Å². The van der Waals surface area contributed by atoms with Crippen LogP contribution in [-0.4, -0.2) is 13.7 Å². The lowest BCUT2D eigenvalue weighted by molar-refractivity contribution is -0.137. The molecule has 1 unspecified atom stereocenters. The first-order valence-corrected chi connectivity index (χ1v) is 10.7. The fraction of sp³-hybridized carbons (Fsp3) is 0.148. The fourth-order valence-corrected chi connectivity index (χ4v) is 4.56. The van der Waals surface area contributed by atoms with E-state index in [9.17, 15) is 18.4 Å². The van der Waals surface area contributed by atoms with Gasteiger partial charge in [0.15, 0.2) is 0 Å². The van der Waals surface area contributed by atoms with E-state index >= 15 is 0 Å². The van der Waals surface area contributed by atoms with Crippen LogP contribution in [0.3, 0.4) is 0 Å². The summed E-state index contributed by atoms with van der Waals surface area (Å²) in [6.45, 7) is 0.135. The first kappa shape index (κ1) is 22.4. The molecule has 2 heterocycles. The highest BCUT2D eigenvalue weighted by Gasteiger charge is 2.38. The van der Waals surface area contributed by atoms with E-state index in [1.54, 1.807) is 24.3 Å². The van der Waals surface area contributed by atoms with Gasteiger partial charge in [0.2, 0.25) is 5.88 Å². The Hall–Kier alpha value is -4.38. The second-order valence-corrected chi connectivity index (χ2v) is 8.07. The maximum Gasteiger partial charge on any atom is 0.417 e. The van der Waals surface area contributed by atoms with Gasteiger partial charge in [0.25, 0.3) is 0 Å². The smallest absolute Gasteiger partial charge is 0.417 e. The largest absolute Gasteiger partial charge is 0.496 e. The van der Waals surface area contributed by atoms with Crippen molar-refractivity contribution in [2.45, 2.75) is 12.1 Å². The maximum atomic E-state index is 13.8. The highest BCUT2D eigenvalue weighted by Crippen LogP contribution is 2.48. The number of methoxy groups -OCH3 is 1. The van der Waals surface area contributed by atoms with Gasteiger partial charge in [0.1, 0.15) is 35.5 Å². The van der Waals surface area contributed by atoms with Crippen molar-refractivity contribution >= 4 is 5.76 Å². The molecule has 0 spiro atoms. The molecule has 3 aromatic rings. The molecular weight excluding hydrogens is 457 g/mol. The molecule has 0 radical (unpaired) electrons. The summed E-state index contributed by atoms with van der Waals surface area (Å²) < 4.78 is 58.6. The second-order valence-electron chi connectivity index (χ2n) is 8.07. The monoisotopic (exact) mass is 476 g/mol. The van der Waals surface area contributed by atoms with Crippen molar-refractivity contribution < 1.29 is 27.4 Å². The Balaban J connectivity index is 1.72. The molecule has 35 heavy (non-hydrogen) atoms. The van der Waals surface area contributed by atoms with Crippen LogP contribution in [0.2, 0.25) is 0 Å². The zero-order valence-corrected chi connectivity index (χ0v) is 18.5. The van der Waals surface area contributed by atoms with Gasteiger partial charge in [-0.25, -0.2) is 0 Å². The molecule has 1 atom stereocenters. The molecule has 8 heteroatoms. The number of halogens is 3. The molecule has 2 N–H and O–H groups in total. The van der Waals surface area contributed by atoms with Crippen LogP contribution >= 0.6 is 0 Å². The Labute approximate surface area is 199 Å². The van der Waals surface area contributed by atoms with Crippen molar-refractivity contribution in [3.63, 3.8) is 0 Å². The molecule has 0 fully saturated rings. The van der Waals surface area contributed by atoms with E-state index in [1.807, 2.05) is 18.2 Å². The van der Waals surface area contributed by atoms with E-state index in [-0.39, 0.29) is 34.9 Å². The van der Waals surface area contributed by atoms with Crippen molar-refractivity contribution in [2.24, 2.45) is 5.73 Å². The number of nitriles is 1. The highest BCUT2D eigenvalue weighted by atomic mass is 19.4. The number of benzene rings is 3. The average Bonchev–Trinajstić information content (AvgIpc) is 2.87. The fourth-order valence-electron chi connectivity index (χ4n) is 4.56. The zero-order valence-electron chi connectivity index (χ0n) is 18.5. The molecule has 0 amide bonds. The van der Waals surface area contributed by atoms with Crippen molar-refractivity contribution in [3.05, 3.63) is 100 Å². The quantitative estimate of drug-likeness (QED) is 0.502. The lowest BCUT2D eigenvalue weighted by Gasteiger charge is -2.33. The summed E-state index contributed by atoms with van der Waals surface area (Å²) in [7, 11) is 1.40.